The van der Waals surface area contributed by atoms with Crippen LogP contribution in [0.25, 0.3) is 0 Å². The van der Waals surface area contributed by atoms with Gasteiger partial charge in [-0.2, -0.15) is 0 Å². The molecule has 0 aromatic carbocycles. The van der Waals surface area contributed by atoms with Crippen LogP contribution >= 0.6 is 0 Å². The van der Waals surface area contributed by atoms with Crippen molar-refractivity contribution < 1.29 is 4.79 Å². The van der Waals surface area contributed by atoms with E-state index in [-0.39, 0.29) is 5.91 Å². The van der Waals surface area contributed by atoms with E-state index in [1.165, 1.54) is 0 Å². The zero-order chi connectivity index (χ0) is 13.4. The molecule has 6 heteroatoms. The van der Waals surface area contributed by atoms with Crippen LogP contribution in [0.1, 0.15) is 24.3 Å². The van der Waals surface area contributed by atoms with Gasteiger partial charge in [-0.05, 0) is 13.1 Å². The third-order valence-electron chi connectivity index (χ3n) is 2.86. The molecule has 0 atom stereocenters. The van der Waals surface area contributed by atoms with Gasteiger partial charge >= 0.3 is 0 Å². The number of carbonyl (C=O) groups excluding carboxylic acids is 1. The Labute approximate surface area is 108 Å². The predicted octanol–water partition coefficient (Wildman–Crippen LogP) is -0.0866. The second-order valence-corrected chi connectivity index (χ2v) is 4.07. The molecule has 0 aliphatic rings. The first-order chi connectivity index (χ1) is 8.71. The Morgan fingerprint density at radius 2 is 2.22 bits per heavy atom. The summed E-state index contributed by atoms with van der Waals surface area (Å²) >= 11 is 0. The zero-order valence-corrected chi connectivity index (χ0v) is 11.2. The van der Waals surface area contributed by atoms with Crippen molar-refractivity contribution in [2.75, 3.05) is 32.7 Å². The third kappa shape index (κ3) is 4.46. The number of amides is 1. The van der Waals surface area contributed by atoms with Gasteiger partial charge < -0.3 is 20.5 Å². The van der Waals surface area contributed by atoms with Crippen LogP contribution in [0.3, 0.4) is 0 Å². The first-order valence-corrected chi connectivity index (χ1v) is 6.43. The third-order valence-corrected chi connectivity index (χ3v) is 2.86. The number of nitrogens with one attached hydrogen (secondary N) is 1. The van der Waals surface area contributed by atoms with E-state index in [0.29, 0.717) is 25.3 Å². The molecule has 0 saturated heterocycles. The smallest absolute Gasteiger partial charge is 0.271 e. The van der Waals surface area contributed by atoms with Gasteiger partial charge in [0.05, 0.1) is 6.33 Å². The van der Waals surface area contributed by atoms with Crippen molar-refractivity contribution in [3.8, 4) is 0 Å². The molecule has 1 aromatic heterocycles. The van der Waals surface area contributed by atoms with Crippen LogP contribution < -0.4 is 11.1 Å². The van der Waals surface area contributed by atoms with Crippen LogP contribution in [-0.4, -0.2) is 53.1 Å². The molecule has 3 N–H and O–H groups in total. The maximum atomic E-state index is 11.8. The SMILES string of the molecule is CCN(CC)CCNC(=O)c1cn(CCN)cn1. The Morgan fingerprint density at radius 1 is 1.50 bits per heavy atom. The number of rotatable bonds is 8. The van der Waals surface area contributed by atoms with E-state index in [2.05, 4.69) is 29.0 Å². The van der Waals surface area contributed by atoms with Crippen LogP contribution in [0.15, 0.2) is 12.5 Å². The molecule has 0 spiro atoms. The lowest BCUT2D eigenvalue weighted by Crippen LogP contribution is -2.34. The maximum absolute atomic E-state index is 11.8. The normalized spacial score (nSPS) is 10.9. The van der Waals surface area contributed by atoms with Gasteiger partial charge in [-0.25, -0.2) is 4.98 Å². The van der Waals surface area contributed by atoms with Gasteiger partial charge in [0.2, 0.25) is 0 Å². The highest BCUT2D eigenvalue weighted by Crippen LogP contribution is 1.95. The van der Waals surface area contributed by atoms with Crippen LogP contribution in [-0.2, 0) is 6.54 Å². The Morgan fingerprint density at radius 3 is 2.83 bits per heavy atom. The number of carbonyl (C=O) groups is 1. The van der Waals surface area contributed by atoms with Crippen molar-refractivity contribution in [2.24, 2.45) is 5.73 Å². The zero-order valence-electron chi connectivity index (χ0n) is 11.2. The summed E-state index contributed by atoms with van der Waals surface area (Å²) < 4.78 is 1.82. The summed E-state index contributed by atoms with van der Waals surface area (Å²) in [5, 5.41) is 2.87. The van der Waals surface area contributed by atoms with E-state index in [0.717, 1.165) is 19.6 Å². The van der Waals surface area contributed by atoms with E-state index >= 15 is 0 Å². The van der Waals surface area contributed by atoms with Crippen LogP contribution in [0.5, 0.6) is 0 Å². The molecule has 1 amide bonds. The van der Waals surface area contributed by atoms with Gasteiger partial charge in [-0.3, -0.25) is 4.79 Å². The van der Waals surface area contributed by atoms with E-state index in [4.69, 9.17) is 5.73 Å². The summed E-state index contributed by atoms with van der Waals surface area (Å²) in [6, 6.07) is 0. The van der Waals surface area contributed by atoms with Gasteiger partial charge in [0, 0.05) is 32.4 Å². The molecule has 0 aliphatic carbocycles. The molecule has 1 rings (SSSR count). The summed E-state index contributed by atoms with van der Waals surface area (Å²) in [6.45, 7) is 8.94. The highest BCUT2D eigenvalue weighted by Gasteiger charge is 2.08. The lowest BCUT2D eigenvalue weighted by atomic mass is 10.4. The van der Waals surface area contributed by atoms with Gasteiger partial charge in [0.25, 0.3) is 5.91 Å². The van der Waals surface area contributed by atoms with Crippen molar-refractivity contribution >= 4 is 5.91 Å². The first-order valence-electron chi connectivity index (χ1n) is 6.43. The molecule has 102 valence electrons. The molecule has 1 heterocycles. The van der Waals surface area contributed by atoms with E-state index in [1.807, 2.05) is 4.57 Å². The topological polar surface area (TPSA) is 76.2 Å². The number of likely N-dealkylation sites (N-methyl/N-ethyl adjacent to an activating group) is 1. The molecule has 0 fully saturated rings. The summed E-state index contributed by atoms with van der Waals surface area (Å²) in [7, 11) is 0. The molecule has 0 bridgehead atoms. The summed E-state index contributed by atoms with van der Waals surface area (Å²) in [6.07, 6.45) is 3.35. The fourth-order valence-electron chi connectivity index (χ4n) is 1.71. The molecule has 0 unspecified atom stereocenters. The Kier molecular flexibility index (Phi) is 6.38. The fraction of sp³-hybridized carbons (Fsp3) is 0.667. The molecule has 0 saturated carbocycles. The Balaban J connectivity index is 2.35. The fourth-order valence-corrected chi connectivity index (χ4v) is 1.71. The minimum atomic E-state index is -0.127. The van der Waals surface area contributed by atoms with Crippen LogP contribution in [0.4, 0.5) is 0 Å². The van der Waals surface area contributed by atoms with Gasteiger partial charge in [-0.15, -0.1) is 0 Å². The molecule has 0 radical (unpaired) electrons. The van der Waals surface area contributed by atoms with Crippen molar-refractivity contribution in [1.29, 1.82) is 0 Å². The number of imidazole rings is 1. The van der Waals surface area contributed by atoms with E-state index in [1.54, 1.807) is 12.5 Å². The van der Waals surface area contributed by atoms with Crippen molar-refractivity contribution in [3.63, 3.8) is 0 Å². The van der Waals surface area contributed by atoms with Crippen LogP contribution in [0.2, 0.25) is 0 Å². The number of nitrogens with two attached hydrogens (primary N) is 1. The molecular formula is C12H23N5O. The monoisotopic (exact) mass is 253 g/mol. The molecule has 6 nitrogen and oxygen atoms in total. The Bertz CT molecular complexity index is 359. The largest absolute Gasteiger partial charge is 0.349 e. The van der Waals surface area contributed by atoms with Crippen LogP contribution in [0, 0.1) is 0 Å². The molecule has 18 heavy (non-hydrogen) atoms. The maximum Gasteiger partial charge on any atom is 0.271 e. The van der Waals surface area contributed by atoms with E-state index < -0.39 is 0 Å². The minimum Gasteiger partial charge on any atom is -0.349 e. The highest BCUT2D eigenvalue weighted by atomic mass is 16.1. The average molecular weight is 253 g/mol. The summed E-state index contributed by atoms with van der Waals surface area (Å²) in [5.41, 5.74) is 5.88. The number of hydrogen-bond donors (Lipinski definition) is 2. The van der Waals surface area contributed by atoms with Gasteiger partial charge in [0.15, 0.2) is 0 Å². The quantitative estimate of drug-likeness (QED) is 0.679. The molecular weight excluding hydrogens is 230 g/mol. The summed E-state index contributed by atoms with van der Waals surface area (Å²) in [4.78, 5) is 18.1. The number of hydrogen-bond acceptors (Lipinski definition) is 4. The molecule has 0 aliphatic heterocycles. The first kappa shape index (κ1) is 14.7. The number of nitrogens with zero attached hydrogens (tertiary/aromatic N) is 3. The lowest BCUT2D eigenvalue weighted by Gasteiger charge is -2.17. The molecule has 1 aromatic rings. The number of aromatic nitrogens is 2. The van der Waals surface area contributed by atoms with Crippen molar-refractivity contribution in [2.45, 2.75) is 20.4 Å². The average Bonchev–Trinajstić information content (AvgIpc) is 2.83. The minimum absolute atomic E-state index is 0.127. The van der Waals surface area contributed by atoms with Gasteiger partial charge in [-0.1, -0.05) is 13.8 Å². The van der Waals surface area contributed by atoms with Crippen molar-refractivity contribution in [1.82, 2.24) is 19.8 Å². The highest BCUT2D eigenvalue weighted by molar-refractivity contribution is 5.91. The standard InChI is InChI=1S/C12H23N5O/c1-3-16(4-2)8-6-14-12(18)11-9-17(7-5-13)10-15-11/h9-10H,3-8,13H2,1-2H3,(H,14,18). The Hall–Kier alpha value is -1.40. The lowest BCUT2D eigenvalue weighted by molar-refractivity contribution is 0.0944. The second kappa shape index (κ2) is 7.84. The van der Waals surface area contributed by atoms with E-state index in [9.17, 15) is 4.79 Å². The summed E-state index contributed by atoms with van der Waals surface area (Å²) in [5.74, 6) is -0.127. The van der Waals surface area contributed by atoms with Gasteiger partial charge in [0.1, 0.15) is 5.69 Å². The second-order valence-electron chi connectivity index (χ2n) is 4.07. The predicted molar refractivity (Wildman–Crippen MR) is 71.4 cm³/mol. The van der Waals surface area contributed by atoms with Crippen molar-refractivity contribution in [3.05, 3.63) is 18.2 Å².